The van der Waals surface area contributed by atoms with Crippen LogP contribution in [0.3, 0.4) is 0 Å². The van der Waals surface area contributed by atoms with Gasteiger partial charge in [-0.15, -0.1) is 0 Å². The first-order chi connectivity index (χ1) is 15.5. The number of methoxy groups -OCH3 is 1. The second-order valence-electron chi connectivity index (χ2n) is 6.76. The molecule has 3 aromatic rings. The van der Waals surface area contributed by atoms with Gasteiger partial charge in [0.25, 0.3) is 11.1 Å². The predicted molar refractivity (Wildman–Crippen MR) is 124 cm³/mol. The fraction of sp³-hybridized carbons (Fsp3) is 0.0833. The van der Waals surface area contributed by atoms with Gasteiger partial charge in [-0.1, -0.05) is 48.0 Å². The van der Waals surface area contributed by atoms with E-state index in [4.69, 9.17) is 21.1 Å². The lowest BCUT2D eigenvalue weighted by molar-refractivity contribution is -0.113. The van der Waals surface area contributed by atoms with E-state index in [1.807, 2.05) is 0 Å². The second-order valence-corrected chi connectivity index (χ2v) is 8.16. The van der Waals surface area contributed by atoms with Crippen LogP contribution >= 0.6 is 23.4 Å². The maximum absolute atomic E-state index is 13.8. The van der Waals surface area contributed by atoms with Gasteiger partial charge in [-0.25, -0.2) is 9.29 Å². The number of amides is 2. The van der Waals surface area contributed by atoms with E-state index in [1.165, 1.54) is 13.2 Å². The highest BCUT2D eigenvalue weighted by Gasteiger charge is 2.37. The van der Waals surface area contributed by atoms with Gasteiger partial charge >= 0.3 is 0 Å². The summed E-state index contributed by atoms with van der Waals surface area (Å²) in [7, 11) is 1.49. The van der Waals surface area contributed by atoms with E-state index in [9.17, 15) is 14.0 Å². The Hall–Kier alpha value is -3.29. The molecule has 4 rings (SSSR count). The van der Waals surface area contributed by atoms with Gasteiger partial charge in [0.05, 0.1) is 22.7 Å². The number of ether oxygens (including phenoxy) is 2. The molecule has 0 aromatic heterocycles. The Labute approximate surface area is 193 Å². The molecule has 0 spiro atoms. The Morgan fingerprint density at radius 2 is 1.78 bits per heavy atom. The largest absolute Gasteiger partial charge is 0.493 e. The van der Waals surface area contributed by atoms with Crippen molar-refractivity contribution in [2.45, 2.75) is 6.61 Å². The summed E-state index contributed by atoms with van der Waals surface area (Å²) in [5.41, 5.74) is 1.41. The highest BCUT2D eigenvalue weighted by atomic mass is 35.5. The summed E-state index contributed by atoms with van der Waals surface area (Å²) in [6.07, 6.45) is 1.60. The van der Waals surface area contributed by atoms with Gasteiger partial charge in [0.15, 0.2) is 11.5 Å². The molecule has 0 radical (unpaired) electrons. The highest BCUT2D eigenvalue weighted by molar-refractivity contribution is 8.19. The summed E-state index contributed by atoms with van der Waals surface area (Å²) in [5, 5.41) is -0.111. The molecule has 0 atom stereocenters. The van der Waals surface area contributed by atoms with Crippen molar-refractivity contribution in [3.8, 4) is 11.5 Å². The van der Waals surface area contributed by atoms with Crippen LogP contribution in [0.5, 0.6) is 11.5 Å². The third kappa shape index (κ3) is 4.49. The minimum Gasteiger partial charge on any atom is -0.493 e. The molecule has 1 heterocycles. The Balaban J connectivity index is 1.55. The lowest BCUT2D eigenvalue weighted by Gasteiger charge is -2.13. The summed E-state index contributed by atoms with van der Waals surface area (Å²) >= 11 is 6.99. The Bertz CT molecular complexity index is 1230. The van der Waals surface area contributed by atoms with Crippen molar-refractivity contribution < 1.29 is 23.5 Å². The van der Waals surface area contributed by atoms with E-state index in [2.05, 4.69) is 0 Å². The van der Waals surface area contributed by atoms with Crippen LogP contribution in [0.15, 0.2) is 71.6 Å². The molecule has 1 fully saturated rings. The Kier molecular flexibility index (Phi) is 6.48. The maximum atomic E-state index is 13.8. The molecule has 0 aliphatic carbocycles. The normalized spacial score (nSPS) is 14.8. The van der Waals surface area contributed by atoms with E-state index in [-0.39, 0.29) is 17.3 Å². The van der Waals surface area contributed by atoms with Crippen LogP contribution < -0.4 is 14.4 Å². The topological polar surface area (TPSA) is 55.8 Å². The molecule has 0 unspecified atom stereocenters. The average Bonchev–Trinajstić information content (AvgIpc) is 3.06. The zero-order valence-electron chi connectivity index (χ0n) is 16.9. The third-order valence-corrected chi connectivity index (χ3v) is 5.90. The van der Waals surface area contributed by atoms with Crippen LogP contribution in [0.2, 0.25) is 5.02 Å². The quantitative estimate of drug-likeness (QED) is 0.396. The fourth-order valence-electron chi connectivity index (χ4n) is 3.12. The molecular formula is C24H17ClFNO4S. The van der Waals surface area contributed by atoms with Crippen LogP contribution in [-0.2, 0) is 11.4 Å². The molecular weight excluding hydrogens is 453 g/mol. The number of anilines is 1. The summed E-state index contributed by atoms with van der Waals surface area (Å²) in [5.74, 6) is 0.0433. The van der Waals surface area contributed by atoms with Crippen molar-refractivity contribution in [2.24, 2.45) is 0 Å². The number of imide groups is 1. The van der Waals surface area contributed by atoms with Crippen LogP contribution in [0, 0.1) is 5.82 Å². The number of benzene rings is 3. The summed E-state index contributed by atoms with van der Waals surface area (Å²) in [6.45, 7) is 0.0408. The number of rotatable bonds is 6. The number of nitrogens with zero attached hydrogens (tertiary/aromatic N) is 1. The molecule has 2 amide bonds. The number of carbonyl (C=O) groups is 2. The van der Waals surface area contributed by atoms with E-state index in [0.29, 0.717) is 33.3 Å². The summed E-state index contributed by atoms with van der Waals surface area (Å²) in [6, 6.07) is 18.1. The van der Waals surface area contributed by atoms with Crippen molar-refractivity contribution in [1.82, 2.24) is 0 Å². The van der Waals surface area contributed by atoms with Gasteiger partial charge in [-0.3, -0.25) is 9.59 Å². The van der Waals surface area contributed by atoms with Gasteiger partial charge in [-0.05, 0) is 53.7 Å². The monoisotopic (exact) mass is 469 g/mol. The molecule has 1 aliphatic heterocycles. The molecule has 0 saturated carbocycles. The minimum absolute atomic E-state index is 0.0408. The SMILES string of the molecule is COc1cc(/C=C2\SC(=O)N(c3ccccc3Cl)C2=O)ccc1OCc1ccccc1F. The van der Waals surface area contributed by atoms with Crippen LogP contribution in [-0.4, -0.2) is 18.3 Å². The molecule has 5 nitrogen and oxygen atoms in total. The molecule has 32 heavy (non-hydrogen) atoms. The molecule has 0 bridgehead atoms. The smallest absolute Gasteiger partial charge is 0.298 e. The number of hydrogen-bond donors (Lipinski definition) is 0. The first-order valence-electron chi connectivity index (χ1n) is 9.54. The molecule has 1 aliphatic rings. The van der Waals surface area contributed by atoms with E-state index in [1.54, 1.807) is 66.7 Å². The zero-order chi connectivity index (χ0) is 22.7. The van der Waals surface area contributed by atoms with Crippen molar-refractivity contribution in [3.05, 3.63) is 93.6 Å². The lowest BCUT2D eigenvalue weighted by Crippen LogP contribution is -2.27. The number of thioether (sulfide) groups is 1. The number of halogens is 2. The van der Waals surface area contributed by atoms with Crippen LogP contribution in [0.25, 0.3) is 6.08 Å². The zero-order valence-corrected chi connectivity index (χ0v) is 18.5. The van der Waals surface area contributed by atoms with Crippen molar-refractivity contribution >= 4 is 46.3 Å². The Morgan fingerprint density at radius 3 is 2.53 bits per heavy atom. The standard InChI is InChI=1S/C24H17ClFNO4S/c1-30-21-12-15(10-11-20(21)31-14-16-6-2-4-8-18(16)26)13-22-23(28)27(24(29)32-22)19-9-5-3-7-17(19)25/h2-13H,14H2,1H3/b22-13-. The fourth-order valence-corrected chi connectivity index (χ4v) is 4.18. The molecule has 0 N–H and O–H groups in total. The van der Waals surface area contributed by atoms with E-state index in [0.717, 1.165) is 16.7 Å². The summed E-state index contributed by atoms with van der Waals surface area (Å²) in [4.78, 5) is 26.6. The third-order valence-electron chi connectivity index (χ3n) is 4.71. The molecule has 162 valence electrons. The van der Waals surface area contributed by atoms with Gasteiger partial charge in [-0.2, -0.15) is 0 Å². The molecule has 8 heteroatoms. The van der Waals surface area contributed by atoms with E-state index < -0.39 is 11.1 Å². The Morgan fingerprint density at radius 1 is 1.03 bits per heavy atom. The molecule has 1 saturated heterocycles. The van der Waals surface area contributed by atoms with Crippen molar-refractivity contribution in [2.75, 3.05) is 12.0 Å². The van der Waals surface area contributed by atoms with Gasteiger partial charge in [0, 0.05) is 5.56 Å². The number of hydrogen-bond acceptors (Lipinski definition) is 5. The lowest BCUT2D eigenvalue weighted by atomic mass is 10.1. The van der Waals surface area contributed by atoms with Gasteiger partial charge in [0.2, 0.25) is 0 Å². The van der Waals surface area contributed by atoms with Gasteiger partial charge in [0.1, 0.15) is 12.4 Å². The number of para-hydroxylation sites is 1. The minimum atomic E-state index is -0.452. The maximum Gasteiger partial charge on any atom is 0.298 e. The van der Waals surface area contributed by atoms with Crippen LogP contribution in [0.4, 0.5) is 14.9 Å². The average molecular weight is 470 g/mol. The first-order valence-corrected chi connectivity index (χ1v) is 10.7. The van der Waals surface area contributed by atoms with Gasteiger partial charge < -0.3 is 9.47 Å². The summed E-state index contributed by atoms with van der Waals surface area (Å²) < 4.78 is 24.9. The van der Waals surface area contributed by atoms with E-state index >= 15 is 0 Å². The predicted octanol–water partition coefficient (Wildman–Crippen LogP) is 6.31. The first kappa shape index (κ1) is 21.9. The number of carbonyl (C=O) groups excluding carboxylic acids is 2. The van der Waals surface area contributed by atoms with Crippen molar-refractivity contribution in [1.29, 1.82) is 0 Å². The highest BCUT2D eigenvalue weighted by Crippen LogP contribution is 2.39. The molecule has 3 aromatic carbocycles. The second kappa shape index (κ2) is 9.46. The van der Waals surface area contributed by atoms with Crippen LogP contribution in [0.1, 0.15) is 11.1 Å². The van der Waals surface area contributed by atoms with Crippen molar-refractivity contribution in [3.63, 3.8) is 0 Å².